The second kappa shape index (κ2) is 5.30. The van der Waals surface area contributed by atoms with Gasteiger partial charge in [-0.25, -0.2) is 0 Å². The van der Waals surface area contributed by atoms with Crippen LogP contribution in [0, 0.1) is 0 Å². The third-order valence-corrected chi connectivity index (χ3v) is 2.52. The zero-order valence-corrected chi connectivity index (χ0v) is 10.6. The summed E-state index contributed by atoms with van der Waals surface area (Å²) in [6, 6.07) is 3.22. The fraction of sp³-hybridized carbons (Fsp3) is 0.500. The van der Waals surface area contributed by atoms with Gasteiger partial charge < -0.3 is 5.32 Å². The molecule has 4 heteroatoms. The number of amides is 1. The molecule has 0 aliphatic heterocycles. The summed E-state index contributed by atoms with van der Waals surface area (Å²) in [4.78, 5) is 15.8. The van der Waals surface area contributed by atoms with Crippen molar-refractivity contribution in [3.05, 3.63) is 29.0 Å². The maximum atomic E-state index is 11.9. The lowest BCUT2D eigenvalue weighted by Gasteiger charge is -2.25. The number of halogens is 1. The van der Waals surface area contributed by atoms with E-state index in [2.05, 4.69) is 17.2 Å². The Bertz CT molecular complexity index is 377. The zero-order valence-electron chi connectivity index (χ0n) is 9.88. The van der Waals surface area contributed by atoms with Crippen LogP contribution in [0.4, 0.5) is 0 Å². The number of aromatic nitrogens is 1. The minimum Gasteiger partial charge on any atom is -0.346 e. The molecule has 1 heterocycles. The van der Waals surface area contributed by atoms with Gasteiger partial charge in [-0.05, 0) is 32.4 Å². The Morgan fingerprint density at radius 3 is 2.81 bits per heavy atom. The van der Waals surface area contributed by atoms with Gasteiger partial charge in [0, 0.05) is 16.8 Å². The molecule has 0 radical (unpaired) electrons. The third-order valence-electron chi connectivity index (χ3n) is 2.28. The molecule has 1 N–H and O–H groups in total. The topological polar surface area (TPSA) is 42.0 Å². The summed E-state index contributed by atoms with van der Waals surface area (Å²) in [5, 5.41) is 3.46. The first kappa shape index (κ1) is 13.0. The first-order valence-electron chi connectivity index (χ1n) is 5.38. The van der Waals surface area contributed by atoms with Gasteiger partial charge in [0.2, 0.25) is 0 Å². The van der Waals surface area contributed by atoms with E-state index in [9.17, 15) is 4.79 Å². The normalized spacial score (nSPS) is 11.2. The summed E-state index contributed by atoms with van der Waals surface area (Å²) in [5.41, 5.74) is 0.146. The first-order valence-corrected chi connectivity index (χ1v) is 5.76. The van der Waals surface area contributed by atoms with Crippen molar-refractivity contribution in [1.82, 2.24) is 10.3 Å². The molecule has 0 aromatic carbocycles. The van der Waals surface area contributed by atoms with Crippen LogP contribution in [0.25, 0.3) is 0 Å². The van der Waals surface area contributed by atoms with E-state index >= 15 is 0 Å². The number of nitrogens with one attached hydrogen (secondary N) is 1. The Hall–Kier alpha value is -1.09. The molecule has 1 amide bonds. The molecule has 0 atom stereocenters. The van der Waals surface area contributed by atoms with E-state index in [0.717, 1.165) is 12.8 Å². The van der Waals surface area contributed by atoms with Crippen LogP contribution >= 0.6 is 11.6 Å². The van der Waals surface area contributed by atoms with Crippen LogP contribution in [0.1, 0.15) is 44.1 Å². The van der Waals surface area contributed by atoms with Gasteiger partial charge in [-0.15, -0.1) is 0 Å². The van der Waals surface area contributed by atoms with Gasteiger partial charge >= 0.3 is 0 Å². The molecular formula is C12H17ClN2O. The Kier molecular flexibility index (Phi) is 4.30. The summed E-state index contributed by atoms with van der Waals surface area (Å²) in [6.07, 6.45) is 3.49. The first-order chi connectivity index (χ1) is 7.44. The van der Waals surface area contributed by atoms with E-state index in [-0.39, 0.29) is 11.4 Å². The van der Waals surface area contributed by atoms with E-state index < -0.39 is 0 Å². The van der Waals surface area contributed by atoms with Crippen LogP contribution in [0.3, 0.4) is 0 Å². The second-order valence-corrected chi connectivity index (χ2v) is 4.88. The fourth-order valence-corrected chi connectivity index (χ4v) is 1.75. The fourth-order valence-electron chi connectivity index (χ4n) is 1.59. The predicted molar refractivity (Wildman–Crippen MR) is 65.7 cm³/mol. The smallest absolute Gasteiger partial charge is 0.270 e. The third kappa shape index (κ3) is 3.81. The van der Waals surface area contributed by atoms with Crippen LogP contribution in [-0.2, 0) is 0 Å². The Balaban J connectivity index is 2.72. The molecule has 0 saturated heterocycles. The summed E-state index contributed by atoms with van der Waals surface area (Å²) in [5.74, 6) is -0.180. The average molecular weight is 241 g/mol. The number of rotatable bonds is 4. The van der Waals surface area contributed by atoms with Crippen molar-refractivity contribution in [1.29, 1.82) is 0 Å². The maximum absolute atomic E-state index is 11.9. The highest BCUT2D eigenvalue weighted by Crippen LogP contribution is 2.13. The quantitative estimate of drug-likeness (QED) is 0.879. The van der Waals surface area contributed by atoms with Crippen molar-refractivity contribution < 1.29 is 4.79 Å². The number of pyridine rings is 1. The van der Waals surface area contributed by atoms with Crippen LogP contribution in [-0.4, -0.2) is 16.4 Å². The summed E-state index contributed by atoms with van der Waals surface area (Å²) >= 11 is 5.80. The van der Waals surface area contributed by atoms with Crippen molar-refractivity contribution in [3.63, 3.8) is 0 Å². The highest BCUT2D eigenvalue weighted by atomic mass is 35.5. The maximum Gasteiger partial charge on any atom is 0.270 e. The Labute approximate surface area is 101 Å². The van der Waals surface area contributed by atoms with Gasteiger partial charge in [0.15, 0.2) is 0 Å². The van der Waals surface area contributed by atoms with E-state index in [4.69, 9.17) is 11.6 Å². The standard InChI is InChI=1S/C12H17ClN2O/c1-4-6-12(2,3)15-11(16)10-8-9(13)5-7-14-10/h5,7-8H,4,6H2,1-3H3,(H,15,16). The molecule has 1 rings (SSSR count). The molecule has 0 aliphatic rings. The summed E-state index contributed by atoms with van der Waals surface area (Å²) in [6.45, 7) is 6.09. The lowest BCUT2D eigenvalue weighted by atomic mass is 9.99. The molecular weight excluding hydrogens is 224 g/mol. The van der Waals surface area contributed by atoms with Gasteiger partial charge in [0.05, 0.1) is 0 Å². The number of hydrogen-bond acceptors (Lipinski definition) is 2. The van der Waals surface area contributed by atoms with Gasteiger partial charge in [-0.1, -0.05) is 24.9 Å². The van der Waals surface area contributed by atoms with E-state index in [1.165, 1.54) is 6.20 Å². The molecule has 0 unspecified atom stereocenters. The highest BCUT2D eigenvalue weighted by Gasteiger charge is 2.20. The predicted octanol–water partition coefficient (Wildman–Crippen LogP) is 3.04. The van der Waals surface area contributed by atoms with Gasteiger partial charge in [0.25, 0.3) is 5.91 Å². The zero-order chi connectivity index (χ0) is 12.2. The van der Waals surface area contributed by atoms with E-state index in [1.54, 1.807) is 12.1 Å². The molecule has 0 aliphatic carbocycles. The lowest BCUT2D eigenvalue weighted by Crippen LogP contribution is -2.43. The van der Waals surface area contributed by atoms with E-state index in [0.29, 0.717) is 10.7 Å². The van der Waals surface area contributed by atoms with Crippen molar-refractivity contribution in [3.8, 4) is 0 Å². The van der Waals surface area contributed by atoms with Crippen LogP contribution in [0.15, 0.2) is 18.3 Å². The highest BCUT2D eigenvalue weighted by molar-refractivity contribution is 6.30. The Morgan fingerprint density at radius 1 is 1.56 bits per heavy atom. The van der Waals surface area contributed by atoms with Crippen LogP contribution in [0.5, 0.6) is 0 Å². The number of hydrogen-bond donors (Lipinski definition) is 1. The Morgan fingerprint density at radius 2 is 2.25 bits per heavy atom. The molecule has 3 nitrogen and oxygen atoms in total. The van der Waals surface area contributed by atoms with Crippen molar-refractivity contribution in [2.24, 2.45) is 0 Å². The van der Waals surface area contributed by atoms with Gasteiger partial charge in [-0.2, -0.15) is 0 Å². The molecule has 88 valence electrons. The molecule has 0 saturated carbocycles. The van der Waals surface area contributed by atoms with Gasteiger partial charge in [-0.3, -0.25) is 9.78 Å². The minimum absolute atomic E-state index is 0.180. The summed E-state index contributed by atoms with van der Waals surface area (Å²) < 4.78 is 0. The number of nitrogens with zero attached hydrogens (tertiary/aromatic N) is 1. The molecule has 0 bridgehead atoms. The van der Waals surface area contributed by atoms with Gasteiger partial charge in [0.1, 0.15) is 5.69 Å². The van der Waals surface area contributed by atoms with Crippen LogP contribution in [0.2, 0.25) is 5.02 Å². The number of carbonyl (C=O) groups is 1. The van der Waals surface area contributed by atoms with Crippen molar-refractivity contribution in [2.75, 3.05) is 0 Å². The molecule has 1 aromatic heterocycles. The monoisotopic (exact) mass is 240 g/mol. The SMILES string of the molecule is CCCC(C)(C)NC(=O)c1cc(Cl)ccn1. The largest absolute Gasteiger partial charge is 0.346 e. The molecule has 16 heavy (non-hydrogen) atoms. The molecule has 0 spiro atoms. The lowest BCUT2D eigenvalue weighted by molar-refractivity contribution is 0.0904. The molecule has 1 aromatic rings. The van der Waals surface area contributed by atoms with Crippen molar-refractivity contribution in [2.45, 2.75) is 39.2 Å². The number of carbonyl (C=O) groups excluding carboxylic acids is 1. The van der Waals surface area contributed by atoms with Crippen molar-refractivity contribution >= 4 is 17.5 Å². The average Bonchev–Trinajstić information content (AvgIpc) is 2.16. The second-order valence-electron chi connectivity index (χ2n) is 4.45. The van der Waals surface area contributed by atoms with Crippen LogP contribution < -0.4 is 5.32 Å². The van der Waals surface area contributed by atoms with E-state index in [1.807, 2.05) is 13.8 Å². The molecule has 0 fully saturated rings. The summed E-state index contributed by atoms with van der Waals surface area (Å²) in [7, 11) is 0. The minimum atomic E-state index is -0.212.